The fraction of sp³-hybridized carbons (Fsp3) is 0.0625. The van der Waals surface area contributed by atoms with Gasteiger partial charge in [-0.1, -0.05) is 23.7 Å². The standard InChI is InChI=1S/C16H13BrClN5/c1-10-8-11(18)6-7-13(10)21-16-22-15(9-19-23-16)20-14-5-3-2-4-12(14)17/h2-9H,1H3,(H2,20,21,22,23). The maximum absolute atomic E-state index is 5.96. The van der Waals surface area contributed by atoms with E-state index in [2.05, 4.69) is 41.7 Å². The molecule has 2 N–H and O–H groups in total. The summed E-state index contributed by atoms with van der Waals surface area (Å²) in [5, 5.41) is 15.0. The van der Waals surface area contributed by atoms with Gasteiger partial charge in [-0.05, 0) is 58.7 Å². The van der Waals surface area contributed by atoms with Gasteiger partial charge in [0.05, 0.1) is 11.9 Å². The minimum atomic E-state index is 0.410. The fourth-order valence-corrected chi connectivity index (χ4v) is 2.62. The number of rotatable bonds is 4. The lowest BCUT2D eigenvalue weighted by Gasteiger charge is -2.10. The molecule has 1 heterocycles. The van der Waals surface area contributed by atoms with E-state index in [9.17, 15) is 0 Å². The largest absolute Gasteiger partial charge is 0.338 e. The molecule has 0 saturated heterocycles. The first-order valence-electron chi connectivity index (χ1n) is 6.86. The number of aromatic nitrogens is 3. The topological polar surface area (TPSA) is 62.7 Å². The van der Waals surface area contributed by atoms with Crippen LogP contribution in [-0.2, 0) is 0 Å². The zero-order valence-electron chi connectivity index (χ0n) is 12.2. The Balaban J connectivity index is 1.81. The SMILES string of the molecule is Cc1cc(Cl)ccc1Nc1nncc(Nc2ccccc2Br)n1. The number of benzene rings is 2. The Morgan fingerprint density at radius 3 is 2.65 bits per heavy atom. The van der Waals surface area contributed by atoms with Gasteiger partial charge in [-0.25, -0.2) is 0 Å². The van der Waals surface area contributed by atoms with Crippen LogP contribution < -0.4 is 10.6 Å². The Morgan fingerprint density at radius 1 is 1.04 bits per heavy atom. The number of aryl methyl sites for hydroxylation is 1. The van der Waals surface area contributed by atoms with Crippen molar-refractivity contribution in [2.45, 2.75) is 6.92 Å². The molecule has 116 valence electrons. The van der Waals surface area contributed by atoms with Gasteiger partial charge in [-0.3, -0.25) is 0 Å². The monoisotopic (exact) mass is 389 g/mol. The van der Waals surface area contributed by atoms with Gasteiger partial charge in [0.1, 0.15) is 0 Å². The summed E-state index contributed by atoms with van der Waals surface area (Å²) in [7, 11) is 0. The van der Waals surface area contributed by atoms with E-state index in [-0.39, 0.29) is 0 Å². The van der Waals surface area contributed by atoms with Crippen molar-refractivity contribution in [2.75, 3.05) is 10.6 Å². The van der Waals surface area contributed by atoms with E-state index in [0.717, 1.165) is 21.4 Å². The highest BCUT2D eigenvalue weighted by Gasteiger charge is 2.05. The predicted molar refractivity (Wildman–Crippen MR) is 96.7 cm³/mol. The molecular weight excluding hydrogens is 378 g/mol. The number of nitrogens with one attached hydrogen (secondary N) is 2. The highest BCUT2D eigenvalue weighted by molar-refractivity contribution is 9.10. The second kappa shape index (κ2) is 6.93. The second-order valence-electron chi connectivity index (χ2n) is 4.85. The number of para-hydroxylation sites is 1. The zero-order valence-corrected chi connectivity index (χ0v) is 14.6. The smallest absolute Gasteiger partial charge is 0.249 e. The van der Waals surface area contributed by atoms with Crippen LogP contribution in [-0.4, -0.2) is 15.2 Å². The van der Waals surface area contributed by atoms with E-state index in [4.69, 9.17) is 11.6 Å². The molecule has 7 heteroatoms. The Hall–Kier alpha value is -2.18. The summed E-state index contributed by atoms with van der Waals surface area (Å²) in [6, 6.07) is 13.4. The summed E-state index contributed by atoms with van der Waals surface area (Å²) >= 11 is 9.45. The molecule has 0 aliphatic heterocycles. The van der Waals surface area contributed by atoms with E-state index < -0.39 is 0 Å². The molecule has 0 spiro atoms. The molecule has 2 aromatic carbocycles. The van der Waals surface area contributed by atoms with Crippen molar-refractivity contribution in [3.63, 3.8) is 0 Å². The van der Waals surface area contributed by atoms with E-state index in [1.54, 1.807) is 6.20 Å². The third-order valence-electron chi connectivity index (χ3n) is 3.13. The Labute approximate surface area is 147 Å². The summed E-state index contributed by atoms with van der Waals surface area (Å²) in [5.41, 5.74) is 2.79. The molecule has 0 aliphatic rings. The highest BCUT2D eigenvalue weighted by Crippen LogP contribution is 2.25. The van der Waals surface area contributed by atoms with E-state index >= 15 is 0 Å². The first kappa shape index (κ1) is 15.7. The minimum absolute atomic E-state index is 0.410. The Kier molecular flexibility index (Phi) is 4.73. The van der Waals surface area contributed by atoms with Crippen LogP contribution in [0.25, 0.3) is 0 Å². The Morgan fingerprint density at radius 2 is 1.87 bits per heavy atom. The summed E-state index contributed by atoms with van der Waals surface area (Å²) < 4.78 is 0.946. The molecule has 5 nitrogen and oxygen atoms in total. The molecule has 0 radical (unpaired) electrons. The molecule has 3 rings (SSSR count). The molecule has 0 amide bonds. The van der Waals surface area contributed by atoms with Crippen molar-refractivity contribution >= 4 is 50.7 Å². The van der Waals surface area contributed by atoms with E-state index in [1.165, 1.54) is 0 Å². The maximum Gasteiger partial charge on any atom is 0.249 e. The summed E-state index contributed by atoms with van der Waals surface area (Å²) in [6.07, 6.45) is 1.57. The third-order valence-corrected chi connectivity index (χ3v) is 4.06. The van der Waals surface area contributed by atoms with Gasteiger partial charge in [0, 0.05) is 15.2 Å². The molecule has 23 heavy (non-hydrogen) atoms. The van der Waals surface area contributed by atoms with Gasteiger partial charge in [-0.2, -0.15) is 10.1 Å². The third kappa shape index (κ3) is 3.97. The van der Waals surface area contributed by atoms with Crippen LogP contribution in [0.1, 0.15) is 5.56 Å². The lowest BCUT2D eigenvalue weighted by atomic mass is 10.2. The number of anilines is 4. The summed E-state index contributed by atoms with van der Waals surface area (Å²) in [6.45, 7) is 1.96. The van der Waals surface area contributed by atoms with Crippen LogP contribution in [0.15, 0.2) is 53.1 Å². The van der Waals surface area contributed by atoms with Crippen LogP contribution in [0, 0.1) is 6.92 Å². The molecule has 0 aliphatic carbocycles. The average Bonchev–Trinajstić information content (AvgIpc) is 2.53. The fourth-order valence-electron chi connectivity index (χ4n) is 2.01. The van der Waals surface area contributed by atoms with Gasteiger partial charge in [0.2, 0.25) is 5.95 Å². The molecular formula is C16H13BrClN5. The summed E-state index contributed by atoms with van der Waals surface area (Å²) in [4.78, 5) is 4.42. The molecule has 0 fully saturated rings. The van der Waals surface area contributed by atoms with Crippen molar-refractivity contribution in [1.82, 2.24) is 15.2 Å². The molecule has 0 unspecified atom stereocenters. The zero-order chi connectivity index (χ0) is 16.2. The quantitative estimate of drug-likeness (QED) is 0.650. The lowest BCUT2D eigenvalue weighted by molar-refractivity contribution is 0.981. The molecule has 0 bridgehead atoms. The van der Waals surface area contributed by atoms with Crippen molar-refractivity contribution in [1.29, 1.82) is 0 Å². The van der Waals surface area contributed by atoms with Gasteiger partial charge in [0.25, 0.3) is 0 Å². The van der Waals surface area contributed by atoms with Crippen LogP contribution in [0.4, 0.5) is 23.1 Å². The van der Waals surface area contributed by atoms with Gasteiger partial charge in [-0.15, -0.1) is 5.10 Å². The number of hydrogen-bond donors (Lipinski definition) is 2. The average molecular weight is 391 g/mol. The number of hydrogen-bond acceptors (Lipinski definition) is 5. The van der Waals surface area contributed by atoms with Gasteiger partial charge >= 0.3 is 0 Å². The van der Waals surface area contributed by atoms with E-state index in [1.807, 2.05) is 49.4 Å². The van der Waals surface area contributed by atoms with Crippen molar-refractivity contribution in [2.24, 2.45) is 0 Å². The van der Waals surface area contributed by atoms with Crippen molar-refractivity contribution in [3.05, 3.63) is 63.7 Å². The molecule has 0 atom stereocenters. The predicted octanol–water partition coefficient (Wildman–Crippen LogP) is 5.08. The maximum atomic E-state index is 5.96. The van der Waals surface area contributed by atoms with Gasteiger partial charge < -0.3 is 10.6 Å². The number of halogens is 2. The molecule has 0 saturated carbocycles. The van der Waals surface area contributed by atoms with Crippen LogP contribution in [0.3, 0.4) is 0 Å². The highest BCUT2D eigenvalue weighted by atomic mass is 79.9. The normalized spacial score (nSPS) is 10.4. The first-order valence-corrected chi connectivity index (χ1v) is 8.03. The Bertz CT molecular complexity index is 840. The van der Waals surface area contributed by atoms with E-state index in [0.29, 0.717) is 16.8 Å². The lowest BCUT2D eigenvalue weighted by Crippen LogP contribution is -2.03. The minimum Gasteiger partial charge on any atom is -0.338 e. The second-order valence-corrected chi connectivity index (χ2v) is 6.15. The van der Waals surface area contributed by atoms with Crippen LogP contribution in [0.5, 0.6) is 0 Å². The van der Waals surface area contributed by atoms with Crippen LogP contribution >= 0.6 is 27.5 Å². The van der Waals surface area contributed by atoms with Gasteiger partial charge in [0.15, 0.2) is 5.82 Å². The van der Waals surface area contributed by atoms with Crippen LogP contribution in [0.2, 0.25) is 5.02 Å². The number of nitrogens with zero attached hydrogens (tertiary/aromatic N) is 3. The molecule has 3 aromatic rings. The van der Waals surface area contributed by atoms with Crippen molar-refractivity contribution in [3.8, 4) is 0 Å². The van der Waals surface area contributed by atoms with Crippen molar-refractivity contribution < 1.29 is 0 Å². The summed E-state index contributed by atoms with van der Waals surface area (Å²) in [5.74, 6) is 1.01. The first-order chi connectivity index (χ1) is 11.1. The molecule has 1 aromatic heterocycles.